The number of rotatable bonds is 6. The Hall–Kier alpha value is -0.660. The van der Waals surface area contributed by atoms with Crippen molar-refractivity contribution in [1.82, 2.24) is 13.9 Å². The highest BCUT2D eigenvalue weighted by atomic mass is 32.2. The molecule has 1 rings (SSSR count). The molecule has 0 aliphatic carbocycles. The third kappa shape index (κ3) is 3.73. The van der Waals surface area contributed by atoms with E-state index in [2.05, 4.69) is 4.72 Å². The zero-order chi connectivity index (χ0) is 12.2. The van der Waals surface area contributed by atoms with Gasteiger partial charge < -0.3 is 4.90 Å². The Morgan fingerprint density at radius 1 is 1.44 bits per heavy atom. The molecule has 0 radical (unpaired) electrons. The van der Waals surface area contributed by atoms with Crippen LogP contribution in [0.4, 0.5) is 0 Å². The molecule has 1 N–H and O–H groups in total. The molecule has 0 aromatic carbocycles. The average Bonchev–Trinajstić information content (AvgIpc) is 2.59. The zero-order valence-corrected chi connectivity index (χ0v) is 10.6. The van der Waals surface area contributed by atoms with Crippen LogP contribution in [0.1, 0.15) is 19.3 Å². The maximum atomic E-state index is 11.3. The molecule has 0 bridgehead atoms. The van der Waals surface area contributed by atoms with Crippen LogP contribution in [-0.2, 0) is 15.0 Å². The van der Waals surface area contributed by atoms with Crippen LogP contribution in [0.25, 0.3) is 0 Å². The SMILES string of the molecule is CN(C)S(=O)(=O)NCCCN1CCCC1=O. The zero-order valence-electron chi connectivity index (χ0n) is 9.77. The first kappa shape index (κ1) is 13.4. The van der Waals surface area contributed by atoms with Gasteiger partial charge in [0, 0.05) is 40.2 Å². The van der Waals surface area contributed by atoms with Crippen molar-refractivity contribution >= 4 is 16.1 Å². The molecule has 0 aromatic rings. The first-order valence-electron chi connectivity index (χ1n) is 5.38. The van der Waals surface area contributed by atoms with Crippen molar-refractivity contribution in [3.63, 3.8) is 0 Å². The van der Waals surface area contributed by atoms with Gasteiger partial charge in [0.2, 0.25) is 5.91 Å². The van der Waals surface area contributed by atoms with Crippen molar-refractivity contribution in [3.8, 4) is 0 Å². The molecule has 1 aliphatic rings. The Morgan fingerprint density at radius 2 is 2.12 bits per heavy atom. The molecule has 1 amide bonds. The normalized spacial score (nSPS) is 17.4. The first-order valence-corrected chi connectivity index (χ1v) is 6.82. The molecule has 0 spiro atoms. The van der Waals surface area contributed by atoms with Gasteiger partial charge in [-0.15, -0.1) is 0 Å². The minimum absolute atomic E-state index is 0.176. The molecular formula is C9H19N3O3S. The summed E-state index contributed by atoms with van der Waals surface area (Å²) < 4.78 is 26.2. The smallest absolute Gasteiger partial charge is 0.278 e. The van der Waals surface area contributed by atoms with Crippen LogP contribution in [0.5, 0.6) is 0 Å². The van der Waals surface area contributed by atoms with Crippen LogP contribution in [0.15, 0.2) is 0 Å². The van der Waals surface area contributed by atoms with Crippen LogP contribution < -0.4 is 4.72 Å². The fourth-order valence-corrected chi connectivity index (χ4v) is 2.20. The highest BCUT2D eigenvalue weighted by Crippen LogP contribution is 2.09. The van der Waals surface area contributed by atoms with Crippen LogP contribution in [0, 0.1) is 0 Å². The Balaban J connectivity index is 2.19. The Bertz CT molecular complexity index is 340. The van der Waals surface area contributed by atoms with Gasteiger partial charge in [-0.25, -0.2) is 4.72 Å². The Labute approximate surface area is 96.8 Å². The summed E-state index contributed by atoms with van der Waals surface area (Å²) in [7, 11) is -0.371. The third-order valence-electron chi connectivity index (χ3n) is 2.54. The number of carbonyl (C=O) groups excluding carboxylic acids is 1. The summed E-state index contributed by atoms with van der Waals surface area (Å²) in [4.78, 5) is 13.0. The molecular weight excluding hydrogens is 230 g/mol. The second-order valence-corrected chi connectivity index (χ2v) is 5.99. The van der Waals surface area contributed by atoms with E-state index in [0.29, 0.717) is 25.9 Å². The van der Waals surface area contributed by atoms with Crippen LogP contribution in [0.3, 0.4) is 0 Å². The number of nitrogens with one attached hydrogen (secondary N) is 1. The lowest BCUT2D eigenvalue weighted by Crippen LogP contribution is -2.37. The highest BCUT2D eigenvalue weighted by molar-refractivity contribution is 7.87. The topological polar surface area (TPSA) is 69.7 Å². The van der Waals surface area contributed by atoms with Gasteiger partial charge in [-0.05, 0) is 12.8 Å². The quantitative estimate of drug-likeness (QED) is 0.639. The summed E-state index contributed by atoms with van der Waals surface area (Å²) >= 11 is 0. The number of carbonyl (C=O) groups is 1. The predicted octanol–water partition coefficient (Wildman–Crippen LogP) is -0.605. The second-order valence-electron chi connectivity index (χ2n) is 4.02. The van der Waals surface area contributed by atoms with E-state index in [9.17, 15) is 13.2 Å². The van der Waals surface area contributed by atoms with Gasteiger partial charge in [-0.3, -0.25) is 4.79 Å². The van der Waals surface area contributed by atoms with E-state index in [1.165, 1.54) is 14.1 Å². The predicted molar refractivity (Wildman–Crippen MR) is 61.0 cm³/mol. The molecule has 1 heterocycles. The van der Waals surface area contributed by atoms with Crippen molar-refractivity contribution in [2.75, 3.05) is 33.7 Å². The summed E-state index contributed by atoms with van der Waals surface area (Å²) in [6.45, 7) is 1.80. The monoisotopic (exact) mass is 249 g/mol. The van der Waals surface area contributed by atoms with E-state index >= 15 is 0 Å². The second kappa shape index (κ2) is 5.60. The lowest BCUT2D eigenvalue weighted by molar-refractivity contribution is -0.127. The van der Waals surface area contributed by atoms with E-state index < -0.39 is 10.2 Å². The largest absolute Gasteiger partial charge is 0.343 e. The van der Waals surface area contributed by atoms with E-state index in [4.69, 9.17) is 0 Å². The maximum Gasteiger partial charge on any atom is 0.278 e. The fourth-order valence-electron chi connectivity index (χ4n) is 1.54. The number of amides is 1. The number of hydrogen-bond acceptors (Lipinski definition) is 3. The number of likely N-dealkylation sites (tertiary alicyclic amines) is 1. The molecule has 7 heteroatoms. The van der Waals surface area contributed by atoms with E-state index in [0.717, 1.165) is 17.3 Å². The lowest BCUT2D eigenvalue weighted by Gasteiger charge is -2.16. The lowest BCUT2D eigenvalue weighted by atomic mass is 10.4. The molecule has 0 saturated carbocycles. The Kier molecular flexibility index (Phi) is 4.69. The Morgan fingerprint density at radius 3 is 2.62 bits per heavy atom. The van der Waals surface area contributed by atoms with Gasteiger partial charge >= 0.3 is 0 Å². The summed E-state index contributed by atoms with van der Waals surface area (Å²) in [6, 6.07) is 0. The van der Waals surface area contributed by atoms with Crippen molar-refractivity contribution < 1.29 is 13.2 Å². The van der Waals surface area contributed by atoms with Gasteiger partial charge in [-0.1, -0.05) is 0 Å². The van der Waals surface area contributed by atoms with Crippen LogP contribution in [0.2, 0.25) is 0 Å². The van der Waals surface area contributed by atoms with Gasteiger partial charge in [0.05, 0.1) is 0 Å². The summed E-state index contributed by atoms with van der Waals surface area (Å²) in [5.41, 5.74) is 0. The molecule has 1 aliphatic heterocycles. The minimum Gasteiger partial charge on any atom is -0.343 e. The van der Waals surface area contributed by atoms with E-state index in [1.807, 2.05) is 0 Å². The van der Waals surface area contributed by atoms with Crippen molar-refractivity contribution in [2.45, 2.75) is 19.3 Å². The third-order valence-corrected chi connectivity index (χ3v) is 4.07. The van der Waals surface area contributed by atoms with Gasteiger partial charge in [0.25, 0.3) is 10.2 Å². The molecule has 6 nitrogen and oxygen atoms in total. The minimum atomic E-state index is -3.33. The average molecular weight is 249 g/mol. The van der Waals surface area contributed by atoms with Crippen LogP contribution in [-0.4, -0.2) is 57.3 Å². The molecule has 1 saturated heterocycles. The standard InChI is InChI=1S/C9H19N3O3S/c1-11(2)16(14,15)10-6-4-8-12-7-3-5-9(12)13/h10H,3-8H2,1-2H3. The fraction of sp³-hybridized carbons (Fsp3) is 0.889. The van der Waals surface area contributed by atoms with E-state index in [-0.39, 0.29) is 5.91 Å². The van der Waals surface area contributed by atoms with Gasteiger partial charge in [0.15, 0.2) is 0 Å². The van der Waals surface area contributed by atoms with Crippen molar-refractivity contribution in [1.29, 1.82) is 0 Å². The number of nitrogens with zero attached hydrogens (tertiary/aromatic N) is 2. The molecule has 0 unspecified atom stereocenters. The van der Waals surface area contributed by atoms with Gasteiger partial charge in [-0.2, -0.15) is 12.7 Å². The maximum absolute atomic E-state index is 11.3. The van der Waals surface area contributed by atoms with Gasteiger partial charge in [0.1, 0.15) is 0 Å². The first-order chi connectivity index (χ1) is 7.43. The van der Waals surface area contributed by atoms with Crippen molar-refractivity contribution in [2.24, 2.45) is 0 Å². The van der Waals surface area contributed by atoms with Crippen LogP contribution >= 0.6 is 0 Å². The molecule has 0 aromatic heterocycles. The summed E-state index contributed by atoms with van der Waals surface area (Å²) in [5, 5.41) is 0. The molecule has 94 valence electrons. The molecule has 16 heavy (non-hydrogen) atoms. The van der Waals surface area contributed by atoms with E-state index in [1.54, 1.807) is 4.90 Å². The highest BCUT2D eigenvalue weighted by Gasteiger charge is 2.19. The number of hydrogen-bond donors (Lipinski definition) is 1. The van der Waals surface area contributed by atoms with Crippen molar-refractivity contribution in [3.05, 3.63) is 0 Å². The summed E-state index contributed by atoms with van der Waals surface area (Å²) in [5.74, 6) is 0.176. The molecule has 1 fully saturated rings. The summed E-state index contributed by atoms with van der Waals surface area (Å²) in [6.07, 6.45) is 2.20. The molecule has 0 atom stereocenters.